The van der Waals surface area contributed by atoms with Gasteiger partial charge in [-0.25, -0.2) is 4.79 Å². The van der Waals surface area contributed by atoms with Crippen LogP contribution in [0, 0.1) is 0 Å². The molecule has 3 N–H and O–H groups in total. The van der Waals surface area contributed by atoms with Crippen LogP contribution in [0.5, 0.6) is 0 Å². The lowest BCUT2D eigenvalue weighted by Crippen LogP contribution is -2.28. The van der Waals surface area contributed by atoms with Gasteiger partial charge in [-0.2, -0.15) is 0 Å². The van der Waals surface area contributed by atoms with E-state index < -0.39 is 6.03 Å². The van der Waals surface area contributed by atoms with Crippen molar-refractivity contribution in [3.05, 3.63) is 41.1 Å². The van der Waals surface area contributed by atoms with Gasteiger partial charge in [0.25, 0.3) is 0 Å². The van der Waals surface area contributed by atoms with Gasteiger partial charge in [-0.3, -0.25) is 0 Å². The molecule has 0 aromatic heterocycles. The fourth-order valence-electron chi connectivity index (χ4n) is 1.52. The minimum Gasteiger partial charge on any atom is -0.351 e. The summed E-state index contributed by atoms with van der Waals surface area (Å²) in [5.41, 5.74) is 8.27. The Labute approximate surface area is 76.2 Å². The Balaban J connectivity index is 2.21. The number of amides is 2. The van der Waals surface area contributed by atoms with Gasteiger partial charge in [0.1, 0.15) is 0 Å². The van der Waals surface area contributed by atoms with Crippen LogP contribution in [0.2, 0.25) is 0 Å². The first-order valence-corrected chi connectivity index (χ1v) is 4.10. The van der Waals surface area contributed by atoms with Crippen molar-refractivity contribution in [3.63, 3.8) is 0 Å². The maximum absolute atomic E-state index is 10.6. The van der Waals surface area contributed by atoms with Crippen LogP contribution >= 0.6 is 0 Å². The molecule has 13 heavy (non-hydrogen) atoms. The van der Waals surface area contributed by atoms with Gasteiger partial charge in [0.2, 0.25) is 0 Å². The Hall–Kier alpha value is -1.77. The predicted octanol–water partition coefficient (Wildman–Crippen LogP) is 1.25. The number of nitrogens with one attached hydrogen (secondary N) is 1. The van der Waals surface area contributed by atoms with E-state index in [2.05, 4.69) is 5.32 Å². The highest BCUT2D eigenvalue weighted by atomic mass is 16.2. The molecule has 66 valence electrons. The van der Waals surface area contributed by atoms with Crippen LogP contribution in [0.15, 0.2) is 30.0 Å². The molecule has 0 atom stereocenters. The number of primary amides is 1. The first kappa shape index (κ1) is 7.86. The van der Waals surface area contributed by atoms with Gasteiger partial charge in [0, 0.05) is 12.1 Å². The molecule has 0 aliphatic heterocycles. The number of carbonyl (C=O) groups is 1. The van der Waals surface area contributed by atoms with Crippen LogP contribution in [0.25, 0.3) is 6.08 Å². The Kier molecular flexibility index (Phi) is 1.77. The summed E-state index contributed by atoms with van der Waals surface area (Å²) < 4.78 is 0. The van der Waals surface area contributed by atoms with Crippen molar-refractivity contribution >= 4 is 12.1 Å². The number of allylic oxidation sites excluding steroid dienone is 1. The second kappa shape index (κ2) is 2.94. The third-order valence-corrected chi connectivity index (χ3v) is 2.05. The third kappa shape index (κ3) is 1.54. The second-order valence-corrected chi connectivity index (χ2v) is 3.03. The highest BCUT2D eigenvalue weighted by Gasteiger charge is 2.11. The Bertz CT molecular complexity index is 382. The lowest BCUT2D eigenvalue weighted by Gasteiger charge is -2.00. The number of nitrogens with two attached hydrogens (primary N) is 1. The van der Waals surface area contributed by atoms with Gasteiger partial charge in [0.15, 0.2) is 0 Å². The molecule has 0 spiro atoms. The van der Waals surface area contributed by atoms with E-state index in [9.17, 15) is 4.79 Å². The van der Waals surface area contributed by atoms with Crippen LogP contribution in [0.4, 0.5) is 4.79 Å². The lowest BCUT2D eigenvalue weighted by atomic mass is 10.1. The maximum atomic E-state index is 10.6. The van der Waals surface area contributed by atoms with Crippen molar-refractivity contribution in [3.8, 4) is 0 Å². The number of hydrogen-bond donors (Lipinski definition) is 2. The Morgan fingerprint density at radius 1 is 1.38 bits per heavy atom. The molecule has 2 amide bonds. The average Bonchev–Trinajstić information content (AvgIpc) is 2.44. The van der Waals surface area contributed by atoms with Crippen LogP contribution in [-0.2, 0) is 6.42 Å². The maximum Gasteiger partial charge on any atom is 0.316 e. The van der Waals surface area contributed by atoms with Crippen molar-refractivity contribution in [2.45, 2.75) is 6.42 Å². The third-order valence-electron chi connectivity index (χ3n) is 2.05. The molecule has 1 aliphatic carbocycles. The first-order valence-electron chi connectivity index (χ1n) is 4.10. The summed E-state index contributed by atoms with van der Waals surface area (Å²) in [5.74, 6) is 0. The number of urea groups is 1. The summed E-state index contributed by atoms with van der Waals surface area (Å²) in [6.45, 7) is 0. The van der Waals surface area contributed by atoms with Gasteiger partial charge in [-0.1, -0.05) is 24.3 Å². The van der Waals surface area contributed by atoms with Gasteiger partial charge in [0.05, 0.1) is 0 Å². The summed E-state index contributed by atoms with van der Waals surface area (Å²) >= 11 is 0. The summed E-state index contributed by atoms with van der Waals surface area (Å²) in [4.78, 5) is 10.6. The average molecular weight is 174 g/mol. The van der Waals surface area contributed by atoms with Crippen molar-refractivity contribution in [2.75, 3.05) is 0 Å². The Morgan fingerprint density at radius 2 is 2.15 bits per heavy atom. The molecule has 0 unspecified atom stereocenters. The molecule has 1 aromatic carbocycles. The van der Waals surface area contributed by atoms with E-state index in [1.807, 2.05) is 30.3 Å². The largest absolute Gasteiger partial charge is 0.351 e. The van der Waals surface area contributed by atoms with E-state index in [1.54, 1.807) is 0 Å². The predicted molar refractivity (Wildman–Crippen MR) is 50.8 cm³/mol. The van der Waals surface area contributed by atoms with Crippen LogP contribution in [-0.4, -0.2) is 6.03 Å². The van der Waals surface area contributed by atoms with E-state index >= 15 is 0 Å². The summed E-state index contributed by atoms with van der Waals surface area (Å²) in [7, 11) is 0. The number of carbonyl (C=O) groups excluding carboxylic acids is 1. The molecular weight excluding hydrogens is 164 g/mol. The Morgan fingerprint density at radius 3 is 2.85 bits per heavy atom. The van der Waals surface area contributed by atoms with Crippen LogP contribution in [0.3, 0.4) is 0 Å². The number of benzene rings is 1. The van der Waals surface area contributed by atoms with Gasteiger partial charge < -0.3 is 11.1 Å². The van der Waals surface area contributed by atoms with Crippen molar-refractivity contribution in [2.24, 2.45) is 5.73 Å². The molecule has 3 heteroatoms. The van der Waals surface area contributed by atoms with Crippen molar-refractivity contribution in [1.29, 1.82) is 0 Å². The zero-order valence-electron chi connectivity index (χ0n) is 7.08. The highest BCUT2D eigenvalue weighted by molar-refractivity contribution is 5.77. The zero-order valence-corrected chi connectivity index (χ0v) is 7.08. The number of hydrogen-bond acceptors (Lipinski definition) is 1. The molecule has 1 aromatic rings. The lowest BCUT2D eigenvalue weighted by molar-refractivity contribution is 0.251. The van der Waals surface area contributed by atoms with Gasteiger partial charge in [-0.15, -0.1) is 0 Å². The van der Waals surface area contributed by atoms with E-state index in [1.165, 1.54) is 5.56 Å². The van der Waals surface area contributed by atoms with Crippen LogP contribution in [0.1, 0.15) is 11.1 Å². The van der Waals surface area contributed by atoms with E-state index in [4.69, 9.17) is 5.73 Å². The summed E-state index contributed by atoms with van der Waals surface area (Å²) in [6, 6.07) is 7.52. The quantitative estimate of drug-likeness (QED) is 0.661. The molecule has 0 heterocycles. The minimum absolute atomic E-state index is 0.501. The van der Waals surface area contributed by atoms with Crippen molar-refractivity contribution in [1.82, 2.24) is 5.32 Å². The summed E-state index contributed by atoms with van der Waals surface area (Å²) in [6.07, 6.45) is 2.71. The number of rotatable bonds is 1. The minimum atomic E-state index is -0.501. The molecule has 1 aliphatic rings. The SMILES string of the molecule is NC(=O)NC1=Cc2ccccc2C1. The first-order chi connectivity index (χ1) is 6.25. The van der Waals surface area contributed by atoms with E-state index in [0.717, 1.165) is 17.7 Å². The fraction of sp³-hybridized carbons (Fsp3) is 0.100. The molecule has 2 rings (SSSR count). The number of fused-ring (bicyclic) bond motifs is 1. The molecule has 0 fully saturated rings. The molecular formula is C10H10N2O. The highest BCUT2D eigenvalue weighted by Crippen LogP contribution is 2.22. The molecule has 0 radical (unpaired) electrons. The monoisotopic (exact) mass is 174 g/mol. The normalized spacial score (nSPS) is 13.4. The van der Waals surface area contributed by atoms with Crippen molar-refractivity contribution < 1.29 is 4.79 Å². The standard InChI is InChI=1S/C10H10N2O/c11-10(13)12-9-5-7-3-1-2-4-8(7)6-9/h1-5H,6H2,(H3,11,12,13). The molecule has 0 saturated heterocycles. The molecule has 0 saturated carbocycles. The molecule has 3 nitrogen and oxygen atoms in total. The van der Waals surface area contributed by atoms with Gasteiger partial charge in [-0.05, 0) is 17.2 Å². The summed E-state index contributed by atoms with van der Waals surface area (Å²) in [5, 5.41) is 2.59. The van der Waals surface area contributed by atoms with Crippen LogP contribution < -0.4 is 11.1 Å². The van der Waals surface area contributed by atoms with Gasteiger partial charge >= 0.3 is 6.03 Å². The topological polar surface area (TPSA) is 55.1 Å². The zero-order chi connectivity index (χ0) is 9.26. The second-order valence-electron chi connectivity index (χ2n) is 3.03. The molecule has 0 bridgehead atoms. The van der Waals surface area contributed by atoms with E-state index in [-0.39, 0.29) is 0 Å². The smallest absolute Gasteiger partial charge is 0.316 e. The van der Waals surface area contributed by atoms with E-state index in [0.29, 0.717) is 0 Å². The fourth-order valence-corrected chi connectivity index (χ4v) is 1.52.